The van der Waals surface area contributed by atoms with Crippen LogP contribution in [0, 0.1) is 11.3 Å². The lowest BCUT2D eigenvalue weighted by Crippen LogP contribution is -2.51. The molecular formula is C36H38ClN9O2. The van der Waals surface area contributed by atoms with Crippen LogP contribution >= 0.6 is 11.6 Å². The topological polar surface area (TPSA) is 131 Å². The van der Waals surface area contributed by atoms with Gasteiger partial charge in [0.15, 0.2) is 0 Å². The molecule has 1 fully saturated rings. The summed E-state index contributed by atoms with van der Waals surface area (Å²) in [6.45, 7) is 8.05. The Hall–Kier alpha value is -5.18. The summed E-state index contributed by atoms with van der Waals surface area (Å²) >= 11 is 6.69. The number of anilines is 1. The molecule has 11 nitrogen and oxygen atoms in total. The van der Waals surface area contributed by atoms with E-state index in [1.165, 1.54) is 0 Å². The van der Waals surface area contributed by atoms with Gasteiger partial charge in [-0.25, -0.2) is 14.6 Å². The molecule has 246 valence electrons. The Morgan fingerprint density at radius 1 is 1.06 bits per heavy atom. The number of amides is 4. The number of fused-ring (bicyclic) bond motifs is 2. The van der Waals surface area contributed by atoms with Crippen molar-refractivity contribution in [2.75, 3.05) is 31.5 Å². The third-order valence-corrected chi connectivity index (χ3v) is 8.75. The highest BCUT2D eigenvalue weighted by atomic mass is 35.5. The second-order valence-electron chi connectivity index (χ2n) is 13.1. The van der Waals surface area contributed by atoms with Crippen molar-refractivity contribution in [1.29, 1.82) is 5.26 Å². The number of carbonyl (C=O) groups is 2. The Labute approximate surface area is 285 Å². The van der Waals surface area contributed by atoms with E-state index in [0.29, 0.717) is 42.5 Å². The molecule has 1 saturated heterocycles. The summed E-state index contributed by atoms with van der Waals surface area (Å²) < 4.78 is 1.90. The number of nitrogens with one attached hydrogen (secondary N) is 3. The maximum absolute atomic E-state index is 13.4. The zero-order valence-corrected chi connectivity index (χ0v) is 28.1. The third kappa shape index (κ3) is 7.05. The van der Waals surface area contributed by atoms with E-state index in [1.807, 2.05) is 62.7 Å². The summed E-state index contributed by atoms with van der Waals surface area (Å²) in [5.41, 5.74) is 6.11. The van der Waals surface area contributed by atoms with E-state index >= 15 is 0 Å². The van der Waals surface area contributed by atoms with Gasteiger partial charge in [-0.15, -0.1) is 0 Å². The highest BCUT2D eigenvalue weighted by molar-refractivity contribution is 6.30. The van der Waals surface area contributed by atoms with E-state index < -0.39 is 11.6 Å². The van der Waals surface area contributed by atoms with Crippen molar-refractivity contribution >= 4 is 41.0 Å². The summed E-state index contributed by atoms with van der Waals surface area (Å²) in [4.78, 5) is 40.0. The van der Waals surface area contributed by atoms with Crippen molar-refractivity contribution < 1.29 is 9.59 Å². The van der Waals surface area contributed by atoms with E-state index in [0.717, 1.165) is 33.7 Å². The lowest BCUT2D eigenvalue weighted by molar-refractivity contribution is 0.125. The summed E-state index contributed by atoms with van der Waals surface area (Å²) in [6.07, 6.45) is 7.38. The minimum Gasteiger partial charge on any atom is -0.336 e. The van der Waals surface area contributed by atoms with E-state index in [1.54, 1.807) is 47.9 Å². The molecule has 3 heterocycles. The largest absolute Gasteiger partial charge is 0.336 e. The van der Waals surface area contributed by atoms with E-state index in [2.05, 4.69) is 38.0 Å². The van der Waals surface area contributed by atoms with Crippen LogP contribution in [0.5, 0.6) is 0 Å². The normalized spacial score (nSPS) is 16.8. The Balaban J connectivity index is 1.34. The molecule has 3 N–H and O–H groups in total. The smallest absolute Gasteiger partial charge is 0.321 e. The van der Waals surface area contributed by atoms with Gasteiger partial charge in [0.1, 0.15) is 0 Å². The van der Waals surface area contributed by atoms with Gasteiger partial charge in [-0.2, -0.15) is 5.26 Å². The first-order valence-corrected chi connectivity index (χ1v) is 16.2. The van der Waals surface area contributed by atoms with Crippen LogP contribution in [0.1, 0.15) is 66.5 Å². The number of piperazine rings is 1. The molecular weight excluding hydrogens is 626 g/mol. The van der Waals surface area contributed by atoms with Crippen LogP contribution in [-0.4, -0.2) is 68.1 Å². The molecule has 0 radical (unpaired) electrons. The summed E-state index contributed by atoms with van der Waals surface area (Å²) in [5, 5.41) is 18.9. The quantitative estimate of drug-likeness (QED) is 0.241. The number of carbonyl (C=O) groups excluding carboxylic acids is 2. The number of pyridine rings is 1. The Morgan fingerprint density at radius 2 is 1.81 bits per heavy atom. The molecule has 2 aromatic carbocycles. The fourth-order valence-corrected chi connectivity index (χ4v) is 6.45. The zero-order chi connectivity index (χ0) is 34.0. The molecule has 2 atom stereocenters. The average Bonchev–Trinajstić information content (AvgIpc) is 3.43. The van der Waals surface area contributed by atoms with Gasteiger partial charge in [0.05, 0.1) is 47.6 Å². The lowest BCUT2D eigenvalue weighted by atomic mass is 9.90. The molecule has 4 aromatic rings. The van der Waals surface area contributed by atoms with Gasteiger partial charge in [0.25, 0.3) is 0 Å². The highest BCUT2D eigenvalue weighted by Crippen LogP contribution is 2.44. The molecule has 0 bridgehead atoms. The molecule has 12 heteroatoms. The second-order valence-corrected chi connectivity index (χ2v) is 13.5. The SMILES string of the molecule is Cn1cncc1C(NC(=O)NC(C)(C)C)C1=Cc2cccnc2C(N2CCN(C(=O)Nc3ccc(C#N)cc3)CC2)c2ccc(Cl)cc21. The van der Waals surface area contributed by atoms with E-state index in [4.69, 9.17) is 21.8 Å². The van der Waals surface area contributed by atoms with Crippen LogP contribution in [0.2, 0.25) is 5.02 Å². The zero-order valence-electron chi connectivity index (χ0n) is 27.4. The molecule has 1 aliphatic carbocycles. The number of hydrogen-bond donors (Lipinski definition) is 3. The number of urea groups is 2. The number of nitriles is 1. The molecule has 0 spiro atoms. The third-order valence-electron chi connectivity index (χ3n) is 8.52. The fraction of sp³-hybridized carbons (Fsp3) is 0.306. The molecule has 2 aliphatic rings. The predicted molar refractivity (Wildman–Crippen MR) is 186 cm³/mol. The van der Waals surface area contributed by atoms with Crippen LogP contribution in [0.25, 0.3) is 11.6 Å². The molecule has 0 saturated carbocycles. The number of nitrogens with zero attached hydrogens (tertiary/aromatic N) is 6. The standard InChI is InChI=1S/C36H38ClN9O2/c1-36(2,3)43-34(47)42-32(30-21-39-22-44(30)4)29-18-24-6-5-13-40-31(24)33(27-12-9-25(37)19-28(27)29)45-14-16-46(17-15-45)35(48)41-26-10-7-23(20-38)8-11-26/h5-13,18-19,21-22,32-33H,14-17H2,1-4H3,(H,41,48)(H2,42,43,47). The van der Waals surface area contributed by atoms with Crippen molar-refractivity contribution in [3.63, 3.8) is 0 Å². The minimum atomic E-state index is -0.563. The lowest BCUT2D eigenvalue weighted by Gasteiger charge is -2.40. The number of imidazole rings is 1. The maximum atomic E-state index is 13.4. The Morgan fingerprint density at radius 3 is 2.48 bits per heavy atom. The summed E-state index contributed by atoms with van der Waals surface area (Å²) in [5.74, 6) is 0. The van der Waals surface area contributed by atoms with Gasteiger partial charge in [-0.05, 0) is 91.6 Å². The first-order chi connectivity index (χ1) is 23.0. The van der Waals surface area contributed by atoms with Gasteiger partial charge < -0.3 is 25.4 Å². The number of halogens is 1. The molecule has 2 aromatic heterocycles. The van der Waals surface area contributed by atoms with Gasteiger partial charge in [0, 0.05) is 55.7 Å². The number of aromatic nitrogens is 3. The molecule has 6 rings (SSSR count). The first kappa shape index (κ1) is 32.7. The number of hydrogen-bond acceptors (Lipinski definition) is 6. The number of rotatable bonds is 5. The van der Waals surface area contributed by atoms with Gasteiger partial charge in [-0.3, -0.25) is 9.88 Å². The summed E-state index contributed by atoms with van der Waals surface area (Å²) in [6, 6.07) is 17.5. The van der Waals surface area contributed by atoms with E-state index in [-0.39, 0.29) is 18.1 Å². The maximum Gasteiger partial charge on any atom is 0.321 e. The first-order valence-electron chi connectivity index (χ1n) is 15.8. The Kier molecular flexibility index (Phi) is 9.22. The van der Waals surface area contributed by atoms with Gasteiger partial charge in [-0.1, -0.05) is 23.7 Å². The molecule has 48 heavy (non-hydrogen) atoms. The predicted octanol–water partition coefficient (Wildman–Crippen LogP) is 5.97. The van der Waals surface area contributed by atoms with Crippen LogP contribution in [0.3, 0.4) is 0 Å². The van der Waals surface area contributed by atoms with Crippen molar-refractivity contribution in [2.24, 2.45) is 7.05 Å². The van der Waals surface area contributed by atoms with Crippen LogP contribution in [0.15, 0.2) is 73.3 Å². The molecule has 1 aliphatic heterocycles. The van der Waals surface area contributed by atoms with Crippen molar-refractivity contribution in [1.82, 2.24) is 35.0 Å². The molecule has 2 unspecified atom stereocenters. The van der Waals surface area contributed by atoms with Crippen molar-refractivity contribution in [3.05, 3.63) is 112 Å². The van der Waals surface area contributed by atoms with Crippen molar-refractivity contribution in [3.8, 4) is 6.07 Å². The van der Waals surface area contributed by atoms with Gasteiger partial charge in [0.2, 0.25) is 0 Å². The molecule has 4 amide bonds. The van der Waals surface area contributed by atoms with Gasteiger partial charge >= 0.3 is 12.1 Å². The summed E-state index contributed by atoms with van der Waals surface area (Å²) in [7, 11) is 1.91. The number of benzene rings is 2. The van der Waals surface area contributed by atoms with Crippen LogP contribution < -0.4 is 16.0 Å². The van der Waals surface area contributed by atoms with E-state index in [9.17, 15) is 9.59 Å². The monoisotopic (exact) mass is 663 g/mol. The fourth-order valence-electron chi connectivity index (χ4n) is 6.28. The Bertz CT molecular complexity index is 1900. The van der Waals surface area contributed by atoms with Crippen LogP contribution in [-0.2, 0) is 7.05 Å². The highest BCUT2D eigenvalue weighted by Gasteiger charge is 2.36. The van der Waals surface area contributed by atoms with Crippen molar-refractivity contribution in [2.45, 2.75) is 38.4 Å². The minimum absolute atomic E-state index is 0.187. The van der Waals surface area contributed by atoms with Crippen LogP contribution in [0.4, 0.5) is 15.3 Å². The second kappa shape index (κ2) is 13.5. The number of aryl methyl sites for hydroxylation is 1. The average molecular weight is 664 g/mol.